The number of nitrogens with zero attached hydrogens (tertiary/aromatic N) is 1. The van der Waals surface area contributed by atoms with E-state index in [1.807, 2.05) is 30.3 Å². The highest BCUT2D eigenvalue weighted by Gasteiger charge is 2.30. The summed E-state index contributed by atoms with van der Waals surface area (Å²) in [5, 5.41) is 13.0. The third-order valence-electron chi connectivity index (χ3n) is 5.12. The standard InChI is InChI=1S/C22H22BrNO3/c1-26-20-5-3-2-4-18(20)22(24-10-12-27-13-11-24)21-17-8-7-16(23)14-15(17)6-9-19(21)25/h2-9,14,22,25H,10-13H2,1H3. The van der Waals surface area contributed by atoms with Gasteiger partial charge in [-0.25, -0.2) is 0 Å². The molecule has 4 rings (SSSR count). The highest BCUT2D eigenvalue weighted by molar-refractivity contribution is 9.10. The summed E-state index contributed by atoms with van der Waals surface area (Å²) in [5.74, 6) is 1.12. The van der Waals surface area contributed by atoms with Crippen molar-refractivity contribution in [2.45, 2.75) is 6.04 Å². The summed E-state index contributed by atoms with van der Waals surface area (Å²) in [6.45, 7) is 2.97. The number of phenols is 1. The molecule has 5 heteroatoms. The van der Waals surface area contributed by atoms with Crippen LogP contribution in [-0.4, -0.2) is 43.4 Å². The Labute approximate surface area is 167 Å². The van der Waals surface area contributed by atoms with Crippen LogP contribution in [0.5, 0.6) is 11.5 Å². The molecule has 3 aromatic carbocycles. The number of benzene rings is 3. The van der Waals surface area contributed by atoms with Gasteiger partial charge in [-0.2, -0.15) is 0 Å². The Bertz CT molecular complexity index is 953. The van der Waals surface area contributed by atoms with Gasteiger partial charge in [-0.05, 0) is 35.0 Å². The van der Waals surface area contributed by atoms with Crippen molar-refractivity contribution in [1.82, 2.24) is 4.90 Å². The fourth-order valence-electron chi connectivity index (χ4n) is 3.86. The fourth-order valence-corrected chi connectivity index (χ4v) is 4.24. The lowest BCUT2D eigenvalue weighted by Crippen LogP contribution is -2.39. The first-order chi connectivity index (χ1) is 13.2. The lowest BCUT2D eigenvalue weighted by molar-refractivity contribution is 0.0234. The van der Waals surface area contributed by atoms with Gasteiger partial charge in [-0.1, -0.05) is 46.3 Å². The molecular weight excluding hydrogens is 406 g/mol. The van der Waals surface area contributed by atoms with E-state index in [2.05, 4.69) is 39.0 Å². The van der Waals surface area contributed by atoms with Crippen molar-refractivity contribution in [1.29, 1.82) is 0 Å². The number of ether oxygens (including phenoxy) is 2. The first kappa shape index (κ1) is 18.3. The molecule has 0 spiro atoms. The van der Waals surface area contributed by atoms with Gasteiger partial charge in [0.05, 0.1) is 26.4 Å². The predicted octanol–water partition coefficient (Wildman–Crippen LogP) is 4.74. The molecule has 140 valence electrons. The third-order valence-corrected chi connectivity index (χ3v) is 5.61. The number of morpholine rings is 1. The first-order valence-electron chi connectivity index (χ1n) is 9.05. The number of methoxy groups -OCH3 is 1. The SMILES string of the molecule is COc1ccccc1C(c1c(O)ccc2cc(Br)ccc12)N1CCOCC1. The van der Waals surface area contributed by atoms with Gasteiger partial charge >= 0.3 is 0 Å². The molecule has 1 atom stereocenters. The highest BCUT2D eigenvalue weighted by atomic mass is 79.9. The van der Waals surface area contributed by atoms with Gasteiger partial charge in [0, 0.05) is 28.7 Å². The van der Waals surface area contributed by atoms with Crippen molar-refractivity contribution in [3.8, 4) is 11.5 Å². The largest absolute Gasteiger partial charge is 0.508 e. The van der Waals surface area contributed by atoms with Crippen LogP contribution in [-0.2, 0) is 4.74 Å². The van der Waals surface area contributed by atoms with Crippen molar-refractivity contribution in [3.05, 3.63) is 70.2 Å². The smallest absolute Gasteiger partial charge is 0.123 e. The van der Waals surface area contributed by atoms with Crippen molar-refractivity contribution >= 4 is 26.7 Å². The van der Waals surface area contributed by atoms with Crippen LogP contribution in [0.4, 0.5) is 0 Å². The Kier molecular flexibility index (Phi) is 5.34. The van der Waals surface area contributed by atoms with Gasteiger partial charge in [0.15, 0.2) is 0 Å². The van der Waals surface area contributed by atoms with E-state index in [-0.39, 0.29) is 6.04 Å². The molecule has 1 N–H and O–H groups in total. The van der Waals surface area contributed by atoms with Crippen LogP contribution < -0.4 is 4.74 Å². The van der Waals surface area contributed by atoms with Gasteiger partial charge in [0.1, 0.15) is 11.5 Å². The lowest BCUT2D eigenvalue weighted by atomic mass is 9.90. The third kappa shape index (κ3) is 3.55. The van der Waals surface area contributed by atoms with Crippen LogP contribution in [0.2, 0.25) is 0 Å². The van der Waals surface area contributed by atoms with E-state index in [0.29, 0.717) is 19.0 Å². The molecule has 1 heterocycles. The topological polar surface area (TPSA) is 41.9 Å². The van der Waals surface area contributed by atoms with E-state index in [0.717, 1.165) is 45.2 Å². The molecule has 0 bridgehead atoms. The Morgan fingerprint density at radius 1 is 1.07 bits per heavy atom. The molecule has 0 saturated carbocycles. The van der Waals surface area contributed by atoms with E-state index >= 15 is 0 Å². The van der Waals surface area contributed by atoms with E-state index in [1.54, 1.807) is 13.2 Å². The van der Waals surface area contributed by atoms with E-state index in [4.69, 9.17) is 9.47 Å². The predicted molar refractivity (Wildman–Crippen MR) is 111 cm³/mol. The number of halogens is 1. The van der Waals surface area contributed by atoms with E-state index < -0.39 is 0 Å². The van der Waals surface area contributed by atoms with Gasteiger partial charge in [-0.15, -0.1) is 0 Å². The molecule has 4 nitrogen and oxygen atoms in total. The summed E-state index contributed by atoms with van der Waals surface area (Å²) < 4.78 is 12.3. The molecule has 3 aromatic rings. The van der Waals surface area contributed by atoms with Gasteiger partial charge in [0.2, 0.25) is 0 Å². The quantitative estimate of drug-likeness (QED) is 0.652. The Morgan fingerprint density at radius 3 is 2.63 bits per heavy atom. The molecule has 0 aromatic heterocycles. The average Bonchev–Trinajstić information content (AvgIpc) is 2.71. The Balaban J connectivity index is 1.96. The molecule has 1 aliphatic rings. The minimum atomic E-state index is -0.116. The van der Waals surface area contributed by atoms with Gasteiger partial charge in [0.25, 0.3) is 0 Å². The second kappa shape index (κ2) is 7.89. The normalized spacial score (nSPS) is 16.4. The van der Waals surface area contributed by atoms with Crippen LogP contribution in [0.1, 0.15) is 17.2 Å². The van der Waals surface area contributed by atoms with Crippen molar-refractivity contribution < 1.29 is 14.6 Å². The molecule has 1 unspecified atom stereocenters. The van der Waals surface area contributed by atoms with E-state index in [1.165, 1.54) is 0 Å². The van der Waals surface area contributed by atoms with Crippen molar-refractivity contribution in [2.24, 2.45) is 0 Å². The summed E-state index contributed by atoms with van der Waals surface area (Å²) in [4.78, 5) is 2.36. The number of hydrogen-bond donors (Lipinski definition) is 1. The summed E-state index contributed by atoms with van der Waals surface area (Å²) in [5.41, 5.74) is 1.96. The number of hydrogen-bond acceptors (Lipinski definition) is 4. The van der Waals surface area contributed by atoms with Crippen molar-refractivity contribution in [3.63, 3.8) is 0 Å². The molecule has 0 amide bonds. The number of aromatic hydroxyl groups is 1. The van der Waals surface area contributed by atoms with Gasteiger partial charge in [-0.3, -0.25) is 4.90 Å². The molecule has 1 saturated heterocycles. The number of phenolic OH excluding ortho intramolecular Hbond substituents is 1. The summed E-state index contributed by atoms with van der Waals surface area (Å²) >= 11 is 3.55. The zero-order chi connectivity index (χ0) is 18.8. The second-order valence-corrected chi connectivity index (χ2v) is 7.57. The zero-order valence-corrected chi connectivity index (χ0v) is 16.8. The van der Waals surface area contributed by atoms with Crippen LogP contribution in [0.25, 0.3) is 10.8 Å². The second-order valence-electron chi connectivity index (χ2n) is 6.66. The lowest BCUT2D eigenvalue weighted by Gasteiger charge is -2.36. The summed E-state index contributed by atoms with van der Waals surface area (Å²) in [7, 11) is 1.69. The maximum Gasteiger partial charge on any atom is 0.123 e. The highest BCUT2D eigenvalue weighted by Crippen LogP contribution is 2.42. The van der Waals surface area contributed by atoms with Crippen LogP contribution in [0.15, 0.2) is 59.1 Å². The molecular formula is C22H22BrNO3. The maximum atomic E-state index is 10.9. The molecule has 1 aliphatic heterocycles. The molecule has 1 fully saturated rings. The maximum absolute atomic E-state index is 10.9. The zero-order valence-electron chi connectivity index (χ0n) is 15.2. The van der Waals surface area contributed by atoms with Gasteiger partial charge < -0.3 is 14.6 Å². The monoisotopic (exact) mass is 427 g/mol. The van der Waals surface area contributed by atoms with Crippen LogP contribution in [0, 0.1) is 0 Å². The number of para-hydroxylation sites is 1. The van der Waals surface area contributed by atoms with Crippen LogP contribution in [0.3, 0.4) is 0 Å². The number of rotatable bonds is 4. The molecule has 27 heavy (non-hydrogen) atoms. The molecule has 0 radical (unpaired) electrons. The first-order valence-corrected chi connectivity index (χ1v) is 9.84. The van der Waals surface area contributed by atoms with Crippen LogP contribution >= 0.6 is 15.9 Å². The van der Waals surface area contributed by atoms with E-state index in [9.17, 15) is 5.11 Å². The Hall–Kier alpha value is -2.08. The fraction of sp³-hybridized carbons (Fsp3) is 0.273. The molecule has 0 aliphatic carbocycles. The Morgan fingerprint density at radius 2 is 1.85 bits per heavy atom. The summed E-state index contributed by atoms with van der Waals surface area (Å²) in [6.07, 6.45) is 0. The minimum absolute atomic E-state index is 0.116. The summed E-state index contributed by atoms with van der Waals surface area (Å²) in [6, 6.07) is 17.8. The number of fused-ring (bicyclic) bond motifs is 1. The average molecular weight is 428 g/mol. The minimum Gasteiger partial charge on any atom is -0.508 e. The van der Waals surface area contributed by atoms with Crippen molar-refractivity contribution in [2.75, 3.05) is 33.4 Å².